The molecule has 0 saturated carbocycles. The van der Waals surface area contributed by atoms with Crippen LogP contribution in [0.4, 0.5) is 11.4 Å². The minimum absolute atomic E-state index is 0.475. The summed E-state index contributed by atoms with van der Waals surface area (Å²) < 4.78 is 0. The predicted octanol–water partition coefficient (Wildman–Crippen LogP) is 3.19. The Kier molecular flexibility index (Phi) is 3.65. The van der Waals surface area contributed by atoms with Gasteiger partial charge in [0.05, 0.1) is 21.8 Å². The third kappa shape index (κ3) is 3.05. The van der Waals surface area contributed by atoms with Gasteiger partial charge in [0.2, 0.25) is 0 Å². The van der Waals surface area contributed by atoms with Crippen LogP contribution in [0, 0.1) is 6.92 Å². The fraction of sp³-hybridized carbons (Fsp3) is 0.538. The average molecular weight is 257 g/mol. The lowest BCUT2D eigenvalue weighted by atomic mass is 9.85. The van der Waals surface area contributed by atoms with E-state index in [1.165, 1.54) is 0 Å². The van der Waals surface area contributed by atoms with Gasteiger partial charge in [0, 0.05) is 5.69 Å². The van der Waals surface area contributed by atoms with Crippen LogP contribution in [0.3, 0.4) is 0 Å². The molecular formula is C13H21ClN2O. The van der Waals surface area contributed by atoms with E-state index in [9.17, 15) is 5.11 Å². The molecule has 0 aromatic heterocycles. The van der Waals surface area contributed by atoms with Crippen molar-refractivity contribution >= 4 is 23.0 Å². The molecule has 0 aliphatic heterocycles. The van der Waals surface area contributed by atoms with Crippen LogP contribution >= 0.6 is 11.6 Å². The van der Waals surface area contributed by atoms with Gasteiger partial charge in [0.15, 0.2) is 0 Å². The minimum atomic E-state index is -0.854. The van der Waals surface area contributed by atoms with Crippen molar-refractivity contribution in [2.24, 2.45) is 0 Å². The molecule has 0 saturated heterocycles. The Morgan fingerprint density at radius 1 is 1.24 bits per heavy atom. The normalized spacial score (nSPS) is 12.6. The first kappa shape index (κ1) is 14.1. The van der Waals surface area contributed by atoms with Crippen molar-refractivity contribution in [2.75, 3.05) is 11.1 Å². The number of anilines is 2. The highest BCUT2D eigenvalue weighted by atomic mass is 35.5. The Balaban J connectivity index is 3.08. The van der Waals surface area contributed by atoms with E-state index < -0.39 is 11.1 Å². The zero-order valence-electron chi connectivity index (χ0n) is 11.1. The second-order valence-corrected chi connectivity index (χ2v) is 5.90. The number of hydrogen-bond donors (Lipinski definition) is 3. The summed E-state index contributed by atoms with van der Waals surface area (Å²) in [5, 5.41) is 13.9. The van der Waals surface area contributed by atoms with E-state index in [-0.39, 0.29) is 0 Å². The Morgan fingerprint density at radius 3 is 2.24 bits per heavy atom. The molecule has 17 heavy (non-hydrogen) atoms. The largest absolute Gasteiger partial charge is 0.398 e. The van der Waals surface area contributed by atoms with E-state index in [0.29, 0.717) is 10.7 Å². The lowest BCUT2D eigenvalue weighted by Crippen LogP contribution is -2.51. The fourth-order valence-corrected chi connectivity index (χ4v) is 1.49. The van der Waals surface area contributed by atoms with Gasteiger partial charge in [-0.3, -0.25) is 0 Å². The van der Waals surface area contributed by atoms with Gasteiger partial charge in [0.25, 0.3) is 0 Å². The molecule has 4 N–H and O–H groups in total. The van der Waals surface area contributed by atoms with E-state index in [1.807, 2.05) is 26.8 Å². The molecule has 1 aromatic rings. The zero-order chi connectivity index (χ0) is 13.4. The highest BCUT2D eigenvalue weighted by Crippen LogP contribution is 2.31. The first-order valence-electron chi connectivity index (χ1n) is 5.61. The van der Waals surface area contributed by atoms with Crippen molar-refractivity contribution < 1.29 is 5.11 Å². The van der Waals surface area contributed by atoms with Gasteiger partial charge >= 0.3 is 0 Å². The van der Waals surface area contributed by atoms with Crippen molar-refractivity contribution in [3.05, 3.63) is 22.7 Å². The quantitative estimate of drug-likeness (QED) is 0.728. The topological polar surface area (TPSA) is 58.3 Å². The van der Waals surface area contributed by atoms with Crippen LogP contribution in [-0.4, -0.2) is 16.2 Å². The number of aryl methyl sites for hydroxylation is 1. The second kappa shape index (κ2) is 4.39. The number of benzene rings is 1. The van der Waals surface area contributed by atoms with E-state index in [4.69, 9.17) is 17.3 Å². The van der Waals surface area contributed by atoms with Crippen molar-refractivity contribution in [1.29, 1.82) is 0 Å². The molecule has 1 aromatic carbocycles. The third-order valence-corrected chi connectivity index (χ3v) is 3.65. The Hall–Kier alpha value is -0.930. The molecular weight excluding hydrogens is 236 g/mol. The SMILES string of the molecule is Cc1cc(N)c(Cl)cc1NC(C)(C)C(C)(C)O. The number of nitrogens with one attached hydrogen (secondary N) is 1. The smallest absolute Gasteiger partial charge is 0.0814 e. The van der Waals surface area contributed by atoms with E-state index in [2.05, 4.69) is 5.32 Å². The summed E-state index contributed by atoms with van der Waals surface area (Å²) in [6, 6.07) is 3.62. The summed E-state index contributed by atoms with van der Waals surface area (Å²) in [5.41, 5.74) is 6.86. The highest BCUT2D eigenvalue weighted by Gasteiger charge is 2.35. The van der Waals surface area contributed by atoms with Gasteiger partial charge in [0.1, 0.15) is 0 Å². The molecule has 0 aliphatic carbocycles. The average Bonchev–Trinajstić information content (AvgIpc) is 2.12. The summed E-state index contributed by atoms with van der Waals surface area (Å²) in [4.78, 5) is 0. The maximum atomic E-state index is 10.1. The van der Waals surface area contributed by atoms with Gasteiger partial charge in [-0.2, -0.15) is 0 Å². The van der Waals surface area contributed by atoms with Crippen LogP contribution in [0.1, 0.15) is 33.3 Å². The fourth-order valence-electron chi connectivity index (χ4n) is 1.33. The van der Waals surface area contributed by atoms with Gasteiger partial charge in [-0.05, 0) is 52.3 Å². The standard InChI is InChI=1S/C13H21ClN2O/c1-8-6-10(15)9(14)7-11(8)16-12(2,3)13(4,5)17/h6-7,16-17H,15H2,1-5H3. The monoisotopic (exact) mass is 256 g/mol. The summed E-state index contributed by atoms with van der Waals surface area (Å²) in [7, 11) is 0. The van der Waals surface area contributed by atoms with Crippen molar-refractivity contribution in [2.45, 2.75) is 45.8 Å². The van der Waals surface area contributed by atoms with Gasteiger partial charge in [-0.1, -0.05) is 11.6 Å². The first-order valence-corrected chi connectivity index (χ1v) is 5.98. The molecule has 3 nitrogen and oxygen atoms in total. The number of aliphatic hydroxyl groups is 1. The molecule has 0 aliphatic rings. The van der Waals surface area contributed by atoms with Crippen molar-refractivity contribution in [3.63, 3.8) is 0 Å². The van der Waals surface area contributed by atoms with Crippen LogP contribution in [0.2, 0.25) is 5.02 Å². The van der Waals surface area contributed by atoms with Gasteiger partial charge in [-0.25, -0.2) is 0 Å². The molecule has 96 valence electrons. The molecule has 1 rings (SSSR count). The van der Waals surface area contributed by atoms with Crippen LogP contribution in [0.5, 0.6) is 0 Å². The summed E-state index contributed by atoms with van der Waals surface area (Å²) in [6.07, 6.45) is 0. The van der Waals surface area contributed by atoms with Crippen molar-refractivity contribution in [3.8, 4) is 0 Å². The molecule has 0 heterocycles. The molecule has 0 radical (unpaired) electrons. The summed E-state index contributed by atoms with van der Waals surface area (Å²) in [6.45, 7) is 9.38. The maximum Gasteiger partial charge on any atom is 0.0814 e. The molecule has 0 atom stereocenters. The number of hydrogen-bond acceptors (Lipinski definition) is 3. The number of rotatable bonds is 3. The summed E-state index contributed by atoms with van der Waals surface area (Å²) in [5.74, 6) is 0. The molecule has 0 fully saturated rings. The van der Waals surface area contributed by atoms with Crippen LogP contribution in [0.15, 0.2) is 12.1 Å². The van der Waals surface area contributed by atoms with Gasteiger partial charge in [-0.15, -0.1) is 0 Å². The van der Waals surface area contributed by atoms with E-state index in [1.54, 1.807) is 19.9 Å². The lowest BCUT2D eigenvalue weighted by molar-refractivity contribution is 0.0240. The first-order chi connectivity index (χ1) is 7.54. The number of nitrogen functional groups attached to an aromatic ring is 1. The molecule has 0 bridgehead atoms. The van der Waals surface area contributed by atoms with E-state index >= 15 is 0 Å². The van der Waals surface area contributed by atoms with Crippen LogP contribution < -0.4 is 11.1 Å². The second-order valence-electron chi connectivity index (χ2n) is 5.50. The molecule has 4 heteroatoms. The molecule has 0 unspecified atom stereocenters. The van der Waals surface area contributed by atoms with Crippen LogP contribution in [0.25, 0.3) is 0 Å². The lowest BCUT2D eigenvalue weighted by Gasteiger charge is -2.39. The maximum absolute atomic E-state index is 10.1. The molecule has 0 spiro atoms. The zero-order valence-corrected chi connectivity index (χ0v) is 11.8. The highest BCUT2D eigenvalue weighted by molar-refractivity contribution is 6.33. The summed E-state index contributed by atoms with van der Waals surface area (Å²) >= 11 is 6.00. The number of nitrogens with two attached hydrogens (primary N) is 1. The van der Waals surface area contributed by atoms with Gasteiger partial charge < -0.3 is 16.2 Å². The third-order valence-electron chi connectivity index (χ3n) is 3.32. The van der Waals surface area contributed by atoms with Crippen molar-refractivity contribution in [1.82, 2.24) is 0 Å². The van der Waals surface area contributed by atoms with Crippen LogP contribution in [-0.2, 0) is 0 Å². The number of halogens is 1. The molecule has 0 amide bonds. The van der Waals surface area contributed by atoms with E-state index in [0.717, 1.165) is 11.3 Å². The minimum Gasteiger partial charge on any atom is -0.398 e. The predicted molar refractivity (Wildman–Crippen MR) is 74.6 cm³/mol. The Bertz CT molecular complexity index is 422. The Labute approximate surface area is 108 Å². The Morgan fingerprint density at radius 2 is 1.76 bits per heavy atom.